The smallest absolute Gasteiger partial charge is 0.410 e. The maximum atomic E-state index is 11.4. The SMILES string of the molecule is O=C1OCC(CO)N1C1CCCOC1. The third kappa shape index (κ3) is 1.69. The summed E-state index contributed by atoms with van der Waals surface area (Å²) in [5, 5.41) is 9.07. The number of cyclic esters (lactones) is 1. The lowest BCUT2D eigenvalue weighted by Crippen LogP contribution is -2.47. The van der Waals surface area contributed by atoms with E-state index in [-0.39, 0.29) is 24.8 Å². The fraction of sp³-hybridized carbons (Fsp3) is 0.889. The van der Waals surface area contributed by atoms with Crippen LogP contribution in [-0.4, -0.2) is 54.6 Å². The third-order valence-electron chi connectivity index (χ3n) is 2.74. The molecule has 2 saturated heterocycles. The van der Waals surface area contributed by atoms with Crippen LogP contribution < -0.4 is 0 Å². The van der Waals surface area contributed by atoms with Crippen molar-refractivity contribution in [3.63, 3.8) is 0 Å². The molecule has 0 spiro atoms. The van der Waals surface area contributed by atoms with Crippen LogP contribution in [0.15, 0.2) is 0 Å². The van der Waals surface area contributed by atoms with Gasteiger partial charge in [-0.25, -0.2) is 4.79 Å². The molecule has 2 heterocycles. The number of amides is 1. The average molecular weight is 201 g/mol. The molecular weight excluding hydrogens is 186 g/mol. The van der Waals surface area contributed by atoms with Gasteiger partial charge in [-0.15, -0.1) is 0 Å². The molecule has 0 radical (unpaired) electrons. The molecule has 2 unspecified atom stereocenters. The predicted octanol–water partition coefficient (Wildman–Crippen LogP) is -0.0215. The minimum atomic E-state index is -0.320. The molecule has 0 aromatic carbocycles. The maximum Gasteiger partial charge on any atom is 0.410 e. The topological polar surface area (TPSA) is 59.0 Å². The number of hydrogen-bond donors (Lipinski definition) is 1. The van der Waals surface area contributed by atoms with Crippen molar-refractivity contribution in [3.05, 3.63) is 0 Å². The van der Waals surface area contributed by atoms with Crippen LogP contribution in [0.25, 0.3) is 0 Å². The van der Waals surface area contributed by atoms with Crippen molar-refractivity contribution in [3.8, 4) is 0 Å². The van der Waals surface area contributed by atoms with Crippen molar-refractivity contribution >= 4 is 6.09 Å². The number of aliphatic hydroxyl groups excluding tert-OH is 1. The van der Waals surface area contributed by atoms with Gasteiger partial charge in [-0.3, -0.25) is 4.90 Å². The predicted molar refractivity (Wildman–Crippen MR) is 47.9 cm³/mol. The highest BCUT2D eigenvalue weighted by atomic mass is 16.6. The van der Waals surface area contributed by atoms with Crippen LogP contribution >= 0.6 is 0 Å². The number of nitrogens with zero attached hydrogens (tertiary/aromatic N) is 1. The maximum absolute atomic E-state index is 11.4. The number of carbonyl (C=O) groups excluding carboxylic acids is 1. The Bertz CT molecular complexity index is 215. The Hall–Kier alpha value is -0.810. The van der Waals surface area contributed by atoms with Crippen molar-refractivity contribution in [2.24, 2.45) is 0 Å². The first-order valence-corrected chi connectivity index (χ1v) is 4.96. The molecular formula is C9H15NO4. The number of rotatable bonds is 2. The van der Waals surface area contributed by atoms with E-state index >= 15 is 0 Å². The minimum Gasteiger partial charge on any atom is -0.447 e. The van der Waals surface area contributed by atoms with E-state index in [1.165, 1.54) is 0 Å². The molecule has 5 nitrogen and oxygen atoms in total. The van der Waals surface area contributed by atoms with E-state index in [4.69, 9.17) is 14.6 Å². The zero-order chi connectivity index (χ0) is 9.97. The number of aliphatic hydroxyl groups is 1. The zero-order valence-corrected chi connectivity index (χ0v) is 8.02. The molecule has 5 heteroatoms. The highest BCUT2D eigenvalue weighted by Gasteiger charge is 2.38. The number of hydrogen-bond acceptors (Lipinski definition) is 4. The standard InChI is InChI=1S/C9H15NO4/c11-4-8-6-14-9(12)10(8)7-2-1-3-13-5-7/h7-8,11H,1-6H2. The molecule has 14 heavy (non-hydrogen) atoms. The molecule has 0 aromatic heterocycles. The Kier molecular flexibility index (Phi) is 2.88. The summed E-state index contributed by atoms with van der Waals surface area (Å²) in [4.78, 5) is 13.0. The normalized spacial score (nSPS) is 33.2. The van der Waals surface area contributed by atoms with Gasteiger partial charge in [0.05, 0.1) is 25.3 Å². The van der Waals surface area contributed by atoms with E-state index in [0.29, 0.717) is 13.2 Å². The second kappa shape index (κ2) is 4.14. The van der Waals surface area contributed by atoms with E-state index in [0.717, 1.165) is 19.4 Å². The van der Waals surface area contributed by atoms with Crippen molar-refractivity contribution in [1.82, 2.24) is 4.90 Å². The van der Waals surface area contributed by atoms with Gasteiger partial charge in [-0.1, -0.05) is 0 Å². The first-order chi connectivity index (χ1) is 6.83. The van der Waals surface area contributed by atoms with E-state index in [2.05, 4.69) is 0 Å². The van der Waals surface area contributed by atoms with Crippen LogP contribution in [0.2, 0.25) is 0 Å². The fourth-order valence-electron chi connectivity index (χ4n) is 2.00. The molecule has 2 rings (SSSR count). The van der Waals surface area contributed by atoms with Crippen molar-refractivity contribution < 1.29 is 19.4 Å². The second-order valence-electron chi connectivity index (χ2n) is 3.69. The van der Waals surface area contributed by atoms with E-state index < -0.39 is 0 Å². The van der Waals surface area contributed by atoms with Crippen molar-refractivity contribution in [2.75, 3.05) is 26.4 Å². The summed E-state index contributed by atoms with van der Waals surface area (Å²) < 4.78 is 10.2. The monoisotopic (exact) mass is 201 g/mol. The van der Waals surface area contributed by atoms with Gasteiger partial charge in [-0.2, -0.15) is 0 Å². The van der Waals surface area contributed by atoms with Crippen LogP contribution in [0, 0.1) is 0 Å². The molecule has 2 fully saturated rings. The van der Waals surface area contributed by atoms with E-state index in [1.54, 1.807) is 4.90 Å². The summed E-state index contributed by atoms with van der Waals surface area (Å²) in [6.45, 7) is 1.59. The average Bonchev–Trinajstić information content (AvgIpc) is 2.61. The minimum absolute atomic E-state index is 0.0394. The molecule has 2 aliphatic heterocycles. The number of carbonyl (C=O) groups is 1. The van der Waals surface area contributed by atoms with Gasteiger partial charge >= 0.3 is 6.09 Å². The van der Waals surface area contributed by atoms with Crippen LogP contribution in [0.5, 0.6) is 0 Å². The first-order valence-electron chi connectivity index (χ1n) is 4.96. The highest BCUT2D eigenvalue weighted by Crippen LogP contribution is 2.21. The van der Waals surface area contributed by atoms with Gasteiger partial charge in [0.2, 0.25) is 0 Å². The van der Waals surface area contributed by atoms with Crippen LogP contribution in [-0.2, 0) is 9.47 Å². The lowest BCUT2D eigenvalue weighted by molar-refractivity contribution is 0.0187. The van der Waals surface area contributed by atoms with Crippen molar-refractivity contribution in [2.45, 2.75) is 24.9 Å². The molecule has 1 amide bonds. The highest BCUT2D eigenvalue weighted by molar-refractivity contribution is 5.70. The summed E-state index contributed by atoms with van der Waals surface area (Å²) in [6.07, 6.45) is 1.58. The van der Waals surface area contributed by atoms with Gasteiger partial charge in [0.25, 0.3) is 0 Å². The third-order valence-corrected chi connectivity index (χ3v) is 2.74. The summed E-state index contributed by atoms with van der Waals surface area (Å²) in [7, 11) is 0. The molecule has 1 N–H and O–H groups in total. The summed E-state index contributed by atoms with van der Waals surface area (Å²) in [5.41, 5.74) is 0. The summed E-state index contributed by atoms with van der Waals surface area (Å²) >= 11 is 0. The Morgan fingerprint density at radius 3 is 3.00 bits per heavy atom. The van der Waals surface area contributed by atoms with E-state index in [1.807, 2.05) is 0 Å². The molecule has 2 aliphatic rings. The molecule has 0 aliphatic carbocycles. The molecule has 80 valence electrons. The zero-order valence-electron chi connectivity index (χ0n) is 8.02. The Morgan fingerprint density at radius 2 is 2.36 bits per heavy atom. The number of ether oxygens (including phenoxy) is 2. The lowest BCUT2D eigenvalue weighted by atomic mass is 10.1. The Balaban J connectivity index is 2.01. The van der Waals surface area contributed by atoms with Gasteiger partial charge in [0.15, 0.2) is 0 Å². The summed E-state index contributed by atoms with van der Waals surface area (Å²) in [5.74, 6) is 0. The lowest BCUT2D eigenvalue weighted by Gasteiger charge is -2.32. The first kappa shape index (κ1) is 9.73. The van der Waals surface area contributed by atoms with Gasteiger partial charge in [0.1, 0.15) is 6.61 Å². The Labute approximate surface area is 82.6 Å². The fourth-order valence-corrected chi connectivity index (χ4v) is 2.00. The van der Waals surface area contributed by atoms with Gasteiger partial charge in [0, 0.05) is 6.61 Å². The molecule has 2 atom stereocenters. The molecule has 0 aromatic rings. The van der Waals surface area contributed by atoms with E-state index in [9.17, 15) is 4.79 Å². The largest absolute Gasteiger partial charge is 0.447 e. The Morgan fingerprint density at radius 1 is 1.50 bits per heavy atom. The van der Waals surface area contributed by atoms with Crippen LogP contribution in [0.3, 0.4) is 0 Å². The second-order valence-corrected chi connectivity index (χ2v) is 3.69. The van der Waals surface area contributed by atoms with Crippen LogP contribution in [0.1, 0.15) is 12.8 Å². The summed E-state index contributed by atoms with van der Waals surface area (Å²) in [6, 6.07) is -0.106. The van der Waals surface area contributed by atoms with Gasteiger partial charge in [-0.05, 0) is 12.8 Å². The molecule has 0 saturated carbocycles. The van der Waals surface area contributed by atoms with Crippen LogP contribution in [0.4, 0.5) is 4.79 Å². The quantitative estimate of drug-likeness (QED) is 0.682. The van der Waals surface area contributed by atoms with Crippen molar-refractivity contribution in [1.29, 1.82) is 0 Å². The van der Waals surface area contributed by atoms with Gasteiger partial charge < -0.3 is 14.6 Å². The molecule has 0 bridgehead atoms.